The van der Waals surface area contributed by atoms with E-state index in [0.717, 1.165) is 11.4 Å². The van der Waals surface area contributed by atoms with Gasteiger partial charge >= 0.3 is 5.97 Å². The molecule has 2 atom stereocenters. The van der Waals surface area contributed by atoms with Gasteiger partial charge in [0.2, 0.25) is 5.69 Å². The van der Waals surface area contributed by atoms with Crippen LogP contribution in [0.2, 0.25) is 0 Å². The van der Waals surface area contributed by atoms with Gasteiger partial charge in [-0.2, -0.15) is 13.0 Å². The Morgan fingerprint density at radius 3 is 1.78 bits per heavy atom. The van der Waals surface area contributed by atoms with Gasteiger partial charge in [-0.25, -0.2) is 16.8 Å². The fourth-order valence-electron chi connectivity index (χ4n) is 8.57. The van der Waals surface area contributed by atoms with Crippen LogP contribution in [0.5, 0.6) is 0 Å². The first-order valence-electron chi connectivity index (χ1n) is 22.9. The second-order valence-electron chi connectivity index (χ2n) is 16.9. The molecule has 2 aromatic rings. The molecule has 0 spiro atoms. The first-order chi connectivity index (χ1) is 32.7. The van der Waals surface area contributed by atoms with Crippen molar-refractivity contribution >= 4 is 53.4 Å². The lowest BCUT2D eigenvalue weighted by molar-refractivity contribution is -0.438. The molecule has 0 bridgehead atoms. The van der Waals surface area contributed by atoms with E-state index in [4.69, 9.17) is 33.5 Å². The van der Waals surface area contributed by atoms with E-state index in [1.807, 2.05) is 48.5 Å². The van der Waals surface area contributed by atoms with Crippen LogP contribution in [-0.4, -0.2) is 159 Å². The zero-order valence-electron chi connectivity index (χ0n) is 39.8. The first-order valence-corrected chi connectivity index (χ1v) is 27.3. The van der Waals surface area contributed by atoms with Crippen LogP contribution < -0.4 is 4.90 Å². The highest BCUT2D eigenvalue weighted by Gasteiger charge is 2.48. The normalized spacial score (nSPS) is 19.2. The van der Waals surface area contributed by atoms with Crippen LogP contribution in [0.15, 0.2) is 82.3 Å². The fraction of sp³-hybridized carbons (Fsp3) is 0.574. The highest BCUT2D eigenvalue weighted by Crippen LogP contribution is 2.50. The summed E-state index contributed by atoms with van der Waals surface area (Å²) in [6.07, 6.45) is 11.2. The fourth-order valence-corrected chi connectivity index (χ4v) is 10.1. The Balaban J connectivity index is 1.54. The zero-order chi connectivity index (χ0) is 50.7. The highest BCUT2D eigenvalue weighted by atomic mass is 32.2. The molecule has 0 aliphatic carbocycles. The predicted octanol–water partition coefficient (Wildman–Crippen LogP) is 5.08. The van der Waals surface area contributed by atoms with Gasteiger partial charge in [-0.15, -0.1) is 0 Å². The molecule has 0 radical (unpaired) electrons. The first kappa shape index (κ1) is 57.7. The summed E-state index contributed by atoms with van der Waals surface area (Å²) in [5.74, 6) is -1.46. The molecule has 2 aliphatic heterocycles. The maximum Gasteiger partial charge on any atom is 0.303 e. The van der Waals surface area contributed by atoms with E-state index >= 15 is 0 Å². The second-order valence-corrected chi connectivity index (χ2v) is 21.2. The molecule has 0 saturated carbocycles. The lowest BCUT2D eigenvalue weighted by atomic mass is 9.76. The van der Waals surface area contributed by atoms with Crippen molar-refractivity contribution in [2.45, 2.75) is 86.3 Å². The number of unbranched alkanes of at least 4 members (excludes halogenated alkanes) is 2. The lowest BCUT2D eigenvalue weighted by Crippen LogP contribution is -2.32. The van der Waals surface area contributed by atoms with Crippen molar-refractivity contribution in [2.24, 2.45) is 0 Å². The van der Waals surface area contributed by atoms with Crippen molar-refractivity contribution in [3.05, 3.63) is 83.6 Å². The Kier molecular flexibility index (Phi) is 22.6. The number of carboxylic acids is 1. The summed E-state index contributed by atoms with van der Waals surface area (Å²) in [5, 5.41) is 9.16. The third-order valence-electron chi connectivity index (χ3n) is 12.1. The zero-order valence-corrected chi connectivity index (χ0v) is 42.3. The number of hydrogen-bond donors (Lipinski definition) is 2. The number of carboxylic acid groups (broad SMARTS) is 1. The van der Waals surface area contributed by atoms with Gasteiger partial charge in [0.15, 0.2) is 5.71 Å². The number of anilines is 1. The smallest absolute Gasteiger partial charge is 0.303 e. The predicted molar refractivity (Wildman–Crippen MR) is 255 cm³/mol. The van der Waals surface area contributed by atoms with Gasteiger partial charge in [-0.05, 0) is 94.8 Å². The lowest BCUT2D eigenvalue weighted by Gasteiger charge is -2.30. The molecule has 2 aromatic carbocycles. The number of fused-ring (bicyclic) bond motifs is 2. The second kappa shape index (κ2) is 27.1. The molecule has 22 heteroatoms. The number of likely N-dealkylation sites (N-methyl/N-ethyl adjacent to an activating group) is 1. The molecular weight excluding hydrogens is 961 g/mol. The molecule has 2 aliphatic rings. The van der Waals surface area contributed by atoms with Crippen molar-refractivity contribution in [3.63, 3.8) is 0 Å². The van der Waals surface area contributed by atoms with E-state index in [9.17, 15) is 43.7 Å². The average Bonchev–Trinajstić information content (AvgIpc) is 3.65. The Hall–Kier alpha value is -3.91. The summed E-state index contributed by atoms with van der Waals surface area (Å²) < 4.78 is 141. The van der Waals surface area contributed by atoms with Crippen LogP contribution >= 0.6 is 0 Å². The summed E-state index contributed by atoms with van der Waals surface area (Å²) in [5.41, 5.74) is 2.13. The Bertz CT molecular complexity index is 2490. The van der Waals surface area contributed by atoms with Crippen LogP contribution in [0.3, 0.4) is 0 Å². The largest absolute Gasteiger partial charge is 0.744 e. The number of nitrogens with zero attached hydrogens (tertiary/aromatic N) is 2. The van der Waals surface area contributed by atoms with Crippen LogP contribution in [-0.2, 0) is 74.4 Å². The van der Waals surface area contributed by atoms with E-state index in [1.165, 1.54) is 30.3 Å². The van der Waals surface area contributed by atoms with Gasteiger partial charge in [-0.1, -0.05) is 18.2 Å². The van der Waals surface area contributed by atoms with Crippen molar-refractivity contribution in [1.82, 2.24) is 0 Å². The molecule has 0 fully saturated rings. The maximum atomic E-state index is 12.2. The third-order valence-corrected chi connectivity index (χ3v) is 14.5. The molecule has 0 aromatic heterocycles. The summed E-state index contributed by atoms with van der Waals surface area (Å²) in [6.45, 7) is 11.1. The number of methoxy groups -OCH3 is 1. The van der Waals surface area contributed by atoms with E-state index in [2.05, 4.69) is 0 Å². The maximum absolute atomic E-state index is 12.2. The van der Waals surface area contributed by atoms with Crippen LogP contribution in [0.1, 0.15) is 76.8 Å². The van der Waals surface area contributed by atoms with E-state index < -0.39 is 57.8 Å². The van der Waals surface area contributed by atoms with Gasteiger partial charge in [0, 0.05) is 67.6 Å². The Morgan fingerprint density at radius 2 is 1.25 bits per heavy atom. The number of allylic oxidation sites excluding steroid dienone is 6. The van der Waals surface area contributed by atoms with E-state index in [-0.39, 0.29) is 37.4 Å². The minimum Gasteiger partial charge on any atom is -0.744 e. The number of benzene rings is 2. The Morgan fingerprint density at radius 1 is 0.696 bits per heavy atom. The highest BCUT2D eigenvalue weighted by molar-refractivity contribution is 7.86. The van der Waals surface area contributed by atoms with Crippen molar-refractivity contribution in [2.75, 3.05) is 104 Å². The molecular formula is C47H67N2O17S3-. The van der Waals surface area contributed by atoms with Crippen molar-refractivity contribution in [3.8, 4) is 0 Å². The van der Waals surface area contributed by atoms with Gasteiger partial charge < -0.3 is 47.5 Å². The molecule has 19 nitrogen and oxygen atoms in total. The van der Waals surface area contributed by atoms with Gasteiger partial charge in [0.25, 0.3) is 10.1 Å². The summed E-state index contributed by atoms with van der Waals surface area (Å²) in [4.78, 5) is 12.4. The summed E-state index contributed by atoms with van der Waals surface area (Å²) in [6, 6.07) is 8.42. The number of rotatable bonds is 34. The molecule has 2 heterocycles. The van der Waals surface area contributed by atoms with E-state index in [0.29, 0.717) is 121 Å². The van der Waals surface area contributed by atoms with Crippen LogP contribution in [0.4, 0.5) is 11.4 Å². The average molecular weight is 1030 g/mol. The SMILES string of the molecule is CCN1/C(=C/C=C/C=C/C2=[N+](CCCCCC(=O)O)c3ccc(S(=O)(=O)[O-])cc3C2(C)CCCS(=O)(=O)O)C(C)(CCOCCOCCOCCOCCOCCOC)c2cc(S(=O)(=O)[O-])ccc21. The standard InChI is InChI=1S/C47H68N2O17S3/c1-5-48-41-18-16-37(68(55,56)57)35-39(41)47(3,21-23-62-26-27-64-30-31-66-33-32-65-29-28-63-25-24-61-4)43(48)13-8-6-9-14-44-46(2,20-12-34-67(52,53)54)40-36-38(69(58,59)60)17-19-42(40)49(44)22-11-7-10-15-45(50)51/h6,8-9,13-14,16-19,35-36H,5,7,10-12,15,20-34H2,1-4H3,(H3-,50,51,52,53,54,55,56,57,58,59,60)/p-1. The van der Waals surface area contributed by atoms with Gasteiger partial charge in [0.05, 0.1) is 87.0 Å². The molecule has 69 heavy (non-hydrogen) atoms. The minimum atomic E-state index is -4.86. The molecule has 0 saturated heterocycles. The monoisotopic (exact) mass is 1030 g/mol. The number of aliphatic carboxylic acids is 1. The van der Waals surface area contributed by atoms with Gasteiger partial charge in [-0.3, -0.25) is 9.35 Å². The molecule has 2 unspecified atom stereocenters. The topological polar surface area (TPSA) is 268 Å². The molecule has 4 rings (SSSR count). The molecule has 2 N–H and O–H groups in total. The third kappa shape index (κ3) is 17.1. The van der Waals surface area contributed by atoms with Gasteiger partial charge in [0.1, 0.15) is 26.8 Å². The van der Waals surface area contributed by atoms with Crippen LogP contribution in [0.25, 0.3) is 0 Å². The molecule has 0 amide bonds. The summed E-state index contributed by atoms with van der Waals surface area (Å²) >= 11 is 0. The Labute approximate surface area is 407 Å². The quantitative estimate of drug-likeness (QED) is 0.0401. The minimum absolute atomic E-state index is 0.00567. The van der Waals surface area contributed by atoms with Crippen molar-refractivity contribution in [1.29, 1.82) is 0 Å². The van der Waals surface area contributed by atoms with Crippen LogP contribution in [0, 0.1) is 0 Å². The number of ether oxygens (including phenoxy) is 6. The van der Waals surface area contributed by atoms with E-state index in [1.54, 1.807) is 25.3 Å². The number of carbonyl (C=O) groups is 1. The van der Waals surface area contributed by atoms with Crippen molar-refractivity contribution < 1.29 is 81.8 Å². The molecule has 386 valence electrons. The number of hydrogen-bond acceptors (Lipinski definition) is 16. The summed E-state index contributed by atoms with van der Waals surface area (Å²) in [7, 11) is -12.4.